The number of methoxy groups -OCH3 is 1. The number of rotatable bonds is 3. The highest BCUT2D eigenvalue weighted by Crippen LogP contribution is 2.66. The van der Waals surface area contributed by atoms with Crippen LogP contribution in [0.4, 0.5) is 0 Å². The zero-order valence-corrected chi connectivity index (χ0v) is 15.9. The molecule has 0 radical (unpaired) electrons. The van der Waals surface area contributed by atoms with Gasteiger partial charge in [0.25, 0.3) is 0 Å². The highest BCUT2D eigenvalue weighted by molar-refractivity contribution is 5.61. The predicted octanol–water partition coefficient (Wildman–Crippen LogP) is 2.66. The molecule has 3 heterocycles. The third kappa shape index (κ3) is 1.86. The number of hydrogen-bond acceptors (Lipinski definition) is 5. The minimum atomic E-state index is -0.597. The number of likely N-dealkylation sites (tertiary alicyclic amines) is 1. The summed E-state index contributed by atoms with van der Waals surface area (Å²) in [6, 6.07) is 4.86. The Morgan fingerprint density at radius 1 is 1.30 bits per heavy atom. The average Bonchev–Trinajstić information content (AvgIpc) is 3.28. The predicted molar refractivity (Wildman–Crippen MR) is 100 cm³/mol. The van der Waals surface area contributed by atoms with E-state index in [0.29, 0.717) is 25.2 Å². The van der Waals surface area contributed by atoms with Gasteiger partial charge in [-0.3, -0.25) is 4.90 Å². The number of piperidine rings is 1. The van der Waals surface area contributed by atoms with Gasteiger partial charge in [0.1, 0.15) is 0 Å². The third-order valence-corrected chi connectivity index (χ3v) is 7.78. The van der Waals surface area contributed by atoms with Crippen LogP contribution in [0.3, 0.4) is 0 Å². The highest BCUT2D eigenvalue weighted by Gasteiger charge is 2.71. The second-order valence-electron chi connectivity index (χ2n) is 8.63. The lowest BCUT2D eigenvalue weighted by Gasteiger charge is -2.60. The summed E-state index contributed by atoms with van der Waals surface area (Å²) in [5, 5.41) is 0. The van der Waals surface area contributed by atoms with Crippen LogP contribution >= 0.6 is 0 Å². The molecule has 5 nitrogen and oxygen atoms in total. The van der Waals surface area contributed by atoms with E-state index in [1.807, 2.05) is 6.08 Å². The average molecular weight is 369 g/mol. The number of benzene rings is 1. The van der Waals surface area contributed by atoms with Crippen molar-refractivity contribution in [1.29, 1.82) is 0 Å². The van der Waals surface area contributed by atoms with Crippen LogP contribution in [-0.2, 0) is 21.3 Å². The summed E-state index contributed by atoms with van der Waals surface area (Å²) in [6.45, 7) is 7.34. The number of nitrogens with zero attached hydrogens (tertiary/aromatic N) is 1. The van der Waals surface area contributed by atoms with Gasteiger partial charge in [-0.2, -0.15) is 0 Å². The number of ether oxygens (including phenoxy) is 4. The van der Waals surface area contributed by atoms with Crippen molar-refractivity contribution in [2.75, 3.05) is 33.4 Å². The molecular formula is C22H27NO4. The van der Waals surface area contributed by atoms with Crippen LogP contribution in [0.1, 0.15) is 30.4 Å². The molecule has 0 amide bonds. The van der Waals surface area contributed by atoms with Crippen LogP contribution in [0.5, 0.6) is 11.5 Å². The topological polar surface area (TPSA) is 40.2 Å². The van der Waals surface area contributed by atoms with E-state index in [2.05, 4.69) is 23.6 Å². The molecule has 3 fully saturated rings. The van der Waals surface area contributed by atoms with Gasteiger partial charge >= 0.3 is 0 Å². The van der Waals surface area contributed by atoms with Crippen LogP contribution in [0, 0.1) is 5.92 Å². The summed E-state index contributed by atoms with van der Waals surface area (Å²) in [7, 11) is 1.73. The van der Waals surface area contributed by atoms with Gasteiger partial charge in [0, 0.05) is 30.0 Å². The van der Waals surface area contributed by atoms with Crippen LogP contribution in [-0.4, -0.2) is 56.2 Å². The van der Waals surface area contributed by atoms with Crippen molar-refractivity contribution >= 4 is 0 Å². The molecule has 4 atom stereocenters. The standard InChI is InChI=1S/C22H27NO4/c1-3-9-23-10-8-21-15-6-7-22(25-11-12-26-22)20(21)27-19-17(24-2)5-4-14(18(19)21)13-16(15)23/h3-5,15-16,20H,1,6-13H2,2H3/t15-,16+,20?,21-/m1/s1. The maximum absolute atomic E-state index is 6.72. The maximum Gasteiger partial charge on any atom is 0.206 e. The van der Waals surface area contributed by atoms with Gasteiger partial charge in [-0.15, -0.1) is 6.58 Å². The molecule has 144 valence electrons. The largest absolute Gasteiger partial charge is 0.493 e. The van der Waals surface area contributed by atoms with Gasteiger partial charge in [-0.05, 0) is 43.4 Å². The molecule has 2 saturated heterocycles. The quantitative estimate of drug-likeness (QED) is 0.766. The van der Waals surface area contributed by atoms with Crippen molar-refractivity contribution in [3.05, 3.63) is 35.9 Å². The second kappa shape index (κ2) is 5.49. The molecule has 1 aromatic rings. The summed E-state index contributed by atoms with van der Waals surface area (Å²) in [4.78, 5) is 2.62. The Labute approximate surface area is 160 Å². The lowest BCUT2D eigenvalue weighted by atomic mass is 9.50. The molecule has 5 aliphatic rings. The fraction of sp³-hybridized carbons (Fsp3) is 0.636. The van der Waals surface area contributed by atoms with Crippen LogP contribution in [0.15, 0.2) is 24.8 Å². The Kier molecular flexibility index (Phi) is 3.34. The molecule has 6 rings (SSSR count). The van der Waals surface area contributed by atoms with Crippen molar-refractivity contribution in [3.63, 3.8) is 0 Å². The summed E-state index contributed by atoms with van der Waals surface area (Å²) in [5.41, 5.74) is 2.78. The molecule has 2 bridgehead atoms. The molecule has 5 heteroatoms. The first-order valence-corrected chi connectivity index (χ1v) is 10.2. The zero-order valence-electron chi connectivity index (χ0n) is 15.9. The summed E-state index contributed by atoms with van der Waals surface area (Å²) in [6.07, 6.45) is 6.15. The fourth-order valence-electron chi connectivity index (χ4n) is 6.91. The first-order valence-electron chi connectivity index (χ1n) is 10.2. The molecule has 2 spiro atoms. The SMILES string of the molecule is C=CCN1CC[C@@]23c4c5ccc(OC)c4OC2C2(CC[C@@H]3[C@@H]1C5)OCCO2. The van der Waals surface area contributed by atoms with Crippen LogP contribution in [0.2, 0.25) is 0 Å². The van der Waals surface area contributed by atoms with Crippen LogP contribution in [0.25, 0.3) is 0 Å². The Bertz CT molecular complexity index is 802. The normalized spacial score (nSPS) is 37.7. The second-order valence-corrected chi connectivity index (χ2v) is 8.63. The molecule has 2 aliphatic carbocycles. The number of fused-ring (bicyclic) bond motifs is 1. The van der Waals surface area contributed by atoms with E-state index in [0.717, 1.165) is 50.3 Å². The van der Waals surface area contributed by atoms with E-state index in [1.165, 1.54) is 11.1 Å². The van der Waals surface area contributed by atoms with Crippen molar-refractivity contribution in [2.45, 2.75) is 49.0 Å². The molecule has 27 heavy (non-hydrogen) atoms. The van der Waals surface area contributed by atoms with E-state index in [1.54, 1.807) is 7.11 Å². The molecule has 1 unspecified atom stereocenters. The van der Waals surface area contributed by atoms with E-state index >= 15 is 0 Å². The molecule has 3 aliphatic heterocycles. The Morgan fingerprint density at radius 2 is 2.15 bits per heavy atom. The van der Waals surface area contributed by atoms with Gasteiger partial charge in [-0.25, -0.2) is 0 Å². The minimum Gasteiger partial charge on any atom is -0.493 e. The summed E-state index contributed by atoms with van der Waals surface area (Å²) < 4.78 is 24.9. The minimum absolute atomic E-state index is 0.0254. The van der Waals surface area contributed by atoms with Gasteiger partial charge in [-0.1, -0.05) is 12.1 Å². The van der Waals surface area contributed by atoms with Crippen molar-refractivity contribution in [3.8, 4) is 11.5 Å². The number of hydrogen-bond donors (Lipinski definition) is 0. The van der Waals surface area contributed by atoms with Crippen molar-refractivity contribution in [1.82, 2.24) is 4.90 Å². The molecule has 1 saturated carbocycles. The highest BCUT2D eigenvalue weighted by atomic mass is 16.8. The molecule has 1 aromatic carbocycles. The Hall–Kier alpha value is -1.56. The summed E-state index contributed by atoms with van der Waals surface area (Å²) in [5.74, 6) is 1.76. The smallest absolute Gasteiger partial charge is 0.206 e. The monoisotopic (exact) mass is 369 g/mol. The van der Waals surface area contributed by atoms with Gasteiger partial charge in [0.05, 0.1) is 20.3 Å². The lowest BCUT2D eigenvalue weighted by molar-refractivity contribution is -0.261. The van der Waals surface area contributed by atoms with E-state index < -0.39 is 5.79 Å². The lowest BCUT2D eigenvalue weighted by Crippen LogP contribution is -2.70. The van der Waals surface area contributed by atoms with E-state index in [-0.39, 0.29) is 11.5 Å². The first-order chi connectivity index (χ1) is 13.2. The maximum atomic E-state index is 6.72. The third-order valence-electron chi connectivity index (χ3n) is 7.78. The fourth-order valence-corrected chi connectivity index (χ4v) is 6.91. The summed E-state index contributed by atoms with van der Waals surface area (Å²) >= 11 is 0. The van der Waals surface area contributed by atoms with Gasteiger partial charge < -0.3 is 18.9 Å². The first kappa shape index (κ1) is 16.4. The molecule has 0 N–H and O–H groups in total. The Balaban J connectivity index is 1.57. The zero-order chi connectivity index (χ0) is 18.2. The van der Waals surface area contributed by atoms with Crippen molar-refractivity contribution < 1.29 is 18.9 Å². The molecule has 0 aromatic heterocycles. The van der Waals surface area contributed by atoms with Crippen molar-refractivity contribution in [2.24, 2.45) is 5.92 Å². The van der Waals surface area contributed by atoms with E-state index in [4.69, 9.17) is 18.9 Å². The Morgan fingerprint density at radius 3 is 2.93 bits per heavy atom. The van der Waals surface area contributed by atoms with E-state index in [9.17, 15) is 0 Å². The van der Waals surface area contributed by atoms with Gasteiger partial charge in [0.15, 0.2) is 17.6 Å². The van der Waals surface area contributed by atoms with Crippen LogP contribution < -0.4 is 9.47 Å². The van der Waals surface area contributed by atoms with Gasteiger partial charge in [0.2, 0.25) is 5.79 Å². The molecular weight excluding hydrogens is 342 g/mol.